The molecular formula is C13H8O4. The second-order valence-corrected chi connectivity index (χ2v) is 3.74. The summed E-state index contributed by atoms with van der Waals surface area (Å²) in [6.07, 6.45) is 0. The van der Waals surface area contributed by atoms with E-state index in [2.05, 4.69) is 0 Å². The lowest BCUT2D eigenvalue weighted by atomic mass is 10.1. The number of hydrogen-bond acceptors (Lipinski definition) is 4. The first-order valence-electron chi connectivity index (χ1n) is 5.05. The van der Waals surface area contributed by atoms with Crippen molar-refractivity contribution < 1.29 is 14.6 Å². The van der Waals surface area contributed by atoms with Crippen molar-refractivity contribution >= 4 is 21.7 Å². The van der Waals surface area contributed by atoms with Gasteiger partial charge in [0.05, 0.1) is 0 Å². The third-order valence-corrected chi connectivity index (χ3v) is 2.73. The molecule has 0 saturated carbocycles. The van der Waals surface area contributed by atoms with Crippen molar-refractivity contribution in [2.45, 2.75) is 0 Å². The molecule has 0 saturated heterocycles. The lowest BCUT2D eigenvalue weighted by Gasteiger charge is -2.04. The standard InChI is InChI=1S/C13H8O4/c14-9-5-1-3-7-8-4-2-6-10(15)12(8)17-13(16)11(7)9/h1-6,14-15H. The highest BCUT2D eigenvalue weighted by atomic mass is 16.4. The summed E-state index contributed by atoms with van der Waals surface area (Å²) in [6.45, 7) is 0. The molecule has 0 atom stereocenters. The Morgan fingerprint density at radius 3 is 2.29 bits per heavy atom. The predicted molar refractivity (Wildman–Crippen MR) is 63.3 cm³/mol. The van der Waals surface area contributed by atoms with Crippen LogP contribution in [-0.2, 0) is 0 Å². The first-order valence-corrected chi connectivity index (χ1v) is 5.05. The Hall–Kier alpha value is -2.49. The lowest BCUT2D eigenvalue weighted by molar-refractivity contribution is 0.455. The fourth-order valence-corrected chi connectivity index (χ4v) is 1.97. The van der Waals surface area contributed by atoms with Crippen LogP contribution in [0.5, 0.6) is 11.5 Å². The fraction of sp³-hybridized carbons (Fsp3) is 0. The van der Waals surface area contributed by atoms with Crippen LogP contribution in [0.25, 0.3) is 21.7 Å². The van der Waals surface area contributed by atoms with Gasteiger partial charge < -0.3 is 14.6 Å². The van der Waals surface area contributed by atoms with E-state index in [1.165, 1.54) is 12.1 Å². The molecule has 4 heteroatoms. The molecule has 84 valence electrons. The van der Waals surface area contributed by atoms with Crippen molar-refractivity contribution in [3.05, 3.63) is 46.8 Å². The maximum atomic E-state index is 11.7. The zero-order valence-corrected chi connectivity index (χ0v) is 8.68. The molecule has 3 aromatic rings. The van der Waals surface area contributed by atoms with Gasteiger partial charge in [0.15, 0.2) is 11.3 Å². The Labute approximate surface area is 95.3 Å². The van der Waals surface area contributed by atoms with Crippen LogP contribution in [0.2, 0.25) is 0 Å². The molecule has 0 aliphatic heterocycles. The molecule has 0 amide bonds. The minimum absolute atomic E-state index is 0.0927. The van der Waals surface area contributed by atoms with Gasteiger partial charge in [-0.1, -0.05) is 24.3 Å². The summed E-state index contributed by atoms with van der Waals surface area (Å²) in [7, 11) is 0. The molecule has 0 aliphatic carbocycles. The number of fused-ring (bicyclic) bond motifs is 3. The first-order chi connectivity index (χ1) is 8.18. The van der Waals surface area contributed by atoms with Gasteiger partial charge in [-0.15, -0.1) is 0 Å². The van der Waals surface area contributed by atoms with E-state index in [1.54, 1.807) is 24.3 Å². The summed E-state index contributed by atoms with van der Waals surface area (Å²) in [5.41, 5.74) is -0.525. The molecule has 0 unspecified atom stereocenters. The Balaban J connectivity index is 2.71. The topological polar surface area (TPSA) is 70.7 Å². The number of hydrogen-bond donors (Lipinski definition) is 2. The Kier molecular flexibility index (Phi) is 1.86. The fourth-order valence-electron chi connectivity index (χ4n) is 1.97. The summed E-state index contributed by atoms with van der Waals surface area (Å²) < 4.78 is 5.02. The minimum atomic E-state index is -0.660. The quantitative estimate of drug-likeness (QED) is 0.457. The highest BCUT2D eigenvalue weighted by Gasteiger charge is 2.12. The van der Waals surface area contributed by atoms with Crippen molar-refractivity contribution in [2.24, 2.45) is 0 Å². The van der Waals surface area contributed by atoms with E-state index in [0.717, 1.165) is 0 Å². The molecule has 0 bridgehead atoms. The van der Waals surface area contributed by atoms with Crippen molar-refractivity contribution in [1.29, 1.82) is 0 Å². The summed E-state index contributed by atoms with van der Waals surface area (Å²) in [5.74, 6) is -0.216. The number of benzene rings is 2. The van der Waals surface area contributed by atoms with Crippen LogP contribution in [0, 0.1) is 0 Å². The van der Waals surface area contributed by atoms with Gasteiger partial charge in [0.25, 0.3) is 0 Å². The average molecular weight is 228 g/mol. The van der Waals surface area contributed by atoms with Crippen LogP contribution >= 0.6 is 0 Å². The van der Waals surface area contributed by atoms with Crippen LogP contribution in [0.1, 0.15) is 0 Å². The summed E-state index contributed by atoms with van der Waals surface area (Å²) in [4.78, 5) is 11.7. The number of phenols is 2. The molecular weight excluding hydrogens is 220 g/mol. The molecule has 0 spiro atoms. The number of rotatable bonds is 0. The second kappa shape index (κ2) is 3.25. The van der Waals surface area contributed by atoms with E-state index in [4.69, 9.17) is 4.42 Å². The Bertz CT molecular complexity index is 786. The van der Waals surface area contributed by atoms with Crippen LogP contribution in [-0.4, -0.2) is 10.2 Å². The number of para-hydroxylation sites is 1. The van der Waals surface area contributed by atoms with E-state index in [9.17, 15) is 15.0 Å². The third kappa shape index (κ3) is 1.27. The van der Waals surface area contributed by atoms with E-state index in [1.807, 2.05) is 0 Å². The van der Waals surface area contributed by atoms with Crippen molar-refractivity contribution in [2.75, 3.05) is 0 Å². The molecule has 0 aliphatic rings. The molecule has 17 heavy (non-hydrogen) atoms. The zero-order valence-electron chi connectivity index (χ0n) is 8.68. The van der Waals surface area contributed by atoms with Crippen LogP contribution < -0.4 is 5.63 Å². The van der Waals surface area contributed by atoms with Gasteiger partial charge in [-0.25, -0.2) is 4.79 Å². The largest absolute Gasteiger partial charge is 0.507 e. The zero-order chi connectivity index (χ0) is 12.0. The third-order valence-electron chi connectivity index (χ3n) is 2.73. The highest BCUT2D eigenvalue weighted by molar-refractivity contribution is 6.07. The maximum Gasteiger partial charge on any atom is 0.348 e. The van der Waals surface area contributed by atoms with Gasteiger partial charge in [-0.2, -0.15) is 0 Å². The maximum absolute atomic E-state index is 11.7. The van der Waals surface area contributed by atoms with Gasteiger partial charge in [0.2, 0.25) is 0 Å². The van der Waals surface area contributed by atoms with Gasteiger partial charge >= 0.3 is 5.63 Å². The Morgan fingerprint density at radius 2 is 1.53 bits per heavy atom. The number of phenolic OH excluding ortho intramolecular Hbond substituents is 2. The average Bonchev–Trinajstić information content (AvgIpc) is 2.31. The summed E-state index contributed by atoms with van der Waals surface area (Å²) >= 11 is 0. The molecule has 0 fully saturated rings. The second-order valence-electron chi connectivity index (χ2n) is 3.74. The predicted octanol–water partition coefficient (Wildman–Crippen LogP) is 2.36. The van der Waals surface area contributed by atoms with E-state index >= 15 is 0 Å². The van der Waals surface area contributed by atoms with Crippen molar-refractivity contribution in [3.63, 3.8) is 0 Å². The highest BCUT2D eigenvalue weighted by Crippen LogP contribution is 2.31. The summed E-state index contributed by atoms with van der Waals surface area (Å²) in [5, 5.41) is 20.6. The van der Waals surface area contributed by atoms with Gasteiger partial charge in [0.1, 0.15) is 11.1 Å². The van der Waals surface area contributed by atoms with Crippen LogP contribution in [0.4, 0.5) is 0 Å². The molecule has 1 heterocycles. The normalized spacial score (nSPS) is 11.1. The minimum Gasteiger partial charge on any atom is -0.507 e. The molecule has 1 aromatic heterocycles. The van der Waals surface area contributed by atoms with Gasteiger partial charge in [-0.05, 0) is 12.1 Å². The summed E-state index contributed by atoms with van der Waals surface area (Å²) in [6, 6.07) is 9.59. The number of aromatic hydroxyl groups is 2. The van der Waals surface area contributed by atoms with Crippen molar-refractivity contribution in [3.8, 4) is 11.5 Å². The Morgan fingerprint density at radius 1 is 0.882 bits per heavy atom. The molecule has 0 radical (unpaired) electrons. The molecule has 2 aromatic carbocycles. The van der Waals surface area contributed by atoms with Crippen LogP contribution in [0.3, 0.4) is 0 Å². The molecule has 2 N–H and O–H groups in total. The van der Waals surface area contributed by atoms with E-state index < -0.39 is 5.63 Å². The first kappa shape index (κ1) is 9.72. The molecule has 4 nitrogen and oxygen atoms in total. The van der Waals surface area contributed by atoms with Gasteiger partial charge in [-0.3, -0.25) is 0 Å². The van der Waals surface area contributed by atoms with Crippen LogP contribution in [0.15, 0.2) is 45.6 Å². The lowest BCUT2D eigenvalue weighted by Crippen LogP contribution is -2.00. The molecule has 3 rings (SSSR count). The van der Waals surface area contributed by atoms with E-state index in [-0.39, 0.29) is 22.5 Å². The SMILES string of the molecule is O=c1oc2c(O)cccc2c2cccc(O)c12. The van der Waals surface area contributed by atoms with E-state index in [0.29, 0.717) is 10.8 Å². The van der Waals surface area contributed by atoms with Gasteiger partial charge in [0, 0.05) is 10.8 Å². The van der Waals surface area contributed by atoms with Crippen molar-refractivity contribution in [1.82, 2.24) is 0 Å². The smallest absolute Gasteiger partial charge is 0.348 e. The monoisotopic (exact) mass is 228 g/mol.